The molecule has 48 valence electrons. The fourth-order valence-electron chi connectivity index (χ4n) is 0.212. The molecule has 0 aromatic heterocycles. The van der Waals surface area contributed by atoms with Crippen molar-refractivity contribution >= 4 is 15.9 Å². The second kappa shape index (κ2) is 3.80. The third kappa shape index (κ3) is 5.84. The molecule has 0 saturated heterocycles. The molecule has 0 aromatic carbocycles. The molecule has 0 aliphatic carbocycles. The van der Waals surface area contributed by atoms with Crippen LogP contribution in [0.25, 0.3) is 0 Å². The average Bonchev–Trinajstić information content (AvgIpc) is 1.61. The Hall–Kier alpha value is -0.160. The molecule has 8 heavy (non-hydrogen) atoms. The molecule has 1 atom stereocenters. The largest absolute Gasteiger partial charge is 0.382 e. The maximum Gasteiger partial charge on any atom is 0.207 e. The van der Waals surface area contributed by atoms with Gasteiger partial charge in [-0.2, -0.15) is 0 Å². The number of alkyl halides is 1. The summed E-state index contributed by atoms with van der Waals surface area (Å²) in [6.45, 7) is -0.188. The van der Waals surface area contributed by atoms with Crippen molar-refractivity contribution in [3.8, 4) is 0 Å². The van der Waals surface area contributed by atoms with Crippen LogP contribution in [0.2, 0.25) is 0 Å². The number of hydrogen-bond donors (Lipinski definition) is 1. The highest BCUT2D eigenvalue weighted by atomic mass is 79.9. The number of nitro groups is 1. The molecular weight excluding hydrogens is 178 g/mol. The van der Waals surface area contributed by atoms with Crippen molar-refractivity contribution in [2.45, 2.75) is 11.4 Å². The van der Waals surface area contributed by atoms with Crippen molar-refractivity contribution in [2.24, 2.45) is 0 Å². The lowest BCUT2D eigenvalue weighted by atomic mass is 10.5. The predicted octanol–water partition coefficient (Wildman–Crippen LogP) is 0.366. The minimum absolute atomic E-state index is 0.160. The average molecular weight is 184 g/mol. The van der Waals surface area contributed by atoms with E-state index in [2.05, 4.69) is 15.9 Å². The molecule has 0 aliphatic heterocycles. The molecule has 0 amide bonds. The van der Waals surface area contributed by atoms with Gasteiger partial charge in [-0.15, -0.1) is 0 Å². The number of aliphatic hydroxyl groups is 1. The predicted molar refractivity (Wildman–Crippen MR) is 31.4 cm³/mol. The standard InChI is InChI=1S/C3H6BrNO3/c4-3(6)1-2-5(7)8/h3,6H,1-2H2. The maximum atomic E-state index is 9.58. The van der Waals surface area contributed by atoms with Gasteiger partial charge in [-0.05, 0) is 0 Å². The number of hydrogen-bond acceptors (Lipinski definition) is 3. The summed E-state index contributed by atoms with van der Waals surface area (Å²) in [6.07, 6.45) is 0.160. The molecular formula is C3H6BrNO3. The first kappa shape index (κ1) is 7.84. The molecule has 0 radical (unpaired) electrons. The van der Waals surface area contributed by atoms with Crippen LogP contribution in [0.15, 0.2) is 0 Å². The van der Waals surface area contributed by atoms with E-state index < -0.39 is 9.94 Å². The summed E-state index contributed by atoms with van der Waals surface area (Å²) in [6, 6.07) is 0. The van der Waals surface area contributed by atoms with Gasteiger partial charge in [0.2, 0.25) is 6.54 Å². The van der Waals surface area contributed by atoms with Crippen molar-refractivity contribution in [1.82, 2.24) is 0 Å². The molecule has 0 saturated carbocycles. The van der Waals surface area contributed by atoms with E-state index in [-0.39, 0.29) is 13.0 Å². The zero-order chi connectivity index (χ0) is 6.57. The minimum Gasteiger partial charge on any atom is -0.382 e. The van der Waals surface area contributed by atoms with Gasteiger partial charge in [0, 0.05) is 11.3 Å². The molecule has 0 fully saturated rings. The Labute approximate surface area is 54.8 Å². The highest BCUT2D eigenvalue weighted by Crippen LogP contribution is 1.98. The second-order valence-corrected chi connectivity index (χ2v) is 2.34. The smallest absolute Gasteiger partial charge is 0.207 e. The van der Waals surface area contributed by atoms with Gasteiger partial charge in [0.05, 0.1) is 0 Å². The van der Waals surface area contributed by atoms with E-state index >= 15 is 0 Å². The Morgan fingerprint density at radius 1 is 1.88 bits per heavy atom. The molecule has 0 aromatic rings. The highest BCUT2D eigenvalue weighted by Gasteiger charge is 2.01. The molecule has 5 heteroatoms. The fraction of sp³-hybridized carbons (Fsp3) is 1.00. The maximum absolute atomic E-state index is 9.58. The van der Waals surface area contributed by atoms with Crippen LogP contribution in [-0.2, 0) is 0 Å². The highest BCUT2D eigenvalue weighted by molar-refractivity contribution is 9.09. The van der Waals surface area contributed by atoms with Crippen molar-refractivity contribution in [3.63, 3.8) is 0 Å². The van der Waals surface area contributed by atoms with Crippen LogP contribution >= 0.6 is 15.9 Å². The van der Waals surface area contributed by atoms with E-state index in [4.69, 9.17) is 5.11 Å². The lowest BCUT2D eigenvalue weighted by molar-refractivity contribution is -0.481. The van der Waals surface area contributed by atoms with Gasteiger partial charge in [-0.3, -0.25) is 10.1 Å². The minimum atomic E-state index is -0.743. The summed E-state index contributed by atoms with van der Waals surface area (Å²) in [5, 5.41) is 17.2. The molecule has 0 bridgehead atoms. The van der Waals surface area contributed by atoms with Crippen LogP contribution in [0.5, 0.6) is 0 Å². The van der Waals surface area contributed by atoms with Gasteiger partial charge >= 0.3 is 0 Å². The monoisotopic (exact) mass is 183 g/mol. The normalized spacial score (nSPS) is 13.2. The third-order valence-corrected chi connectivity index (χ3v) is 1.01. The number of nitrogens with zero attached hydrogens (tertiary/aromatic N) is 1. The first-order valence-corrected chi connectivity index (χ1v) is 2.98. The van der Waals surface area contributed by atoms with E-state index in [0.29, 0.717) is 0 Å². The summed E-state index contributed by atoms with van der Waals surface area (Å²) < 4.78 is 0. The van der Waals surface area contributed by atoms with Gasteiger partial charge in [-0.25, -0.2) is 0 Å². The first-order valence-electron chi connectivity index (χ1n) is 2.07. The van der Waals surface area contributed by atoms with Crippen LogP contribution in [0.4, 0.5) is 0 Å². The molecule has 0 aliphatic rings. The Balaban J connectivity index is 3.05. The third-order valence-electron chi connectivity index (χ3n) is 0.550. The Kier molecular flexibility index (Phi) is 3.72. The summed E-state index contributed by atoms with van der Waals surface area (Å²) in [5.41, 5.74) is 0. The van der Waals surface area contributed by atoms with E-state index in [0.717, 1.165) is 0 Å². The lowest BCUT2D eigenvalue weighted by Crippen LogP contribution is -2.06. The quantitative estimate of drug-likeness (QED) is 0.391. The van der Waals surface area contributed by atoms with Crippen molar-refractivity contribution in [2.75, 3.05) is 6.54 Å². The Morgan fingerprint density at radius 2 is 2.38 bits per heavy atom. The number of halogens is 1. The van der Waals surface area contributed by atoms with Crippen LogP contribution in [0.3, 0.4) is 0 Å². The van der Waals surface area contributed by atoms with Crippen LogP contribution in [-0.4, -0.2) is 21.6 Å². The van der Waals surface area contributed by atoms with E-state index in [1.165, 1.54) is 0 Å². The summed E-state index contributed by atoms with van der Waals surface area (Å²) in [7, 11) is 0. The van der Waals surface area contributed by atoms with Gasteiger partial charge in [0.15, 0.2) is 0 Å². The summed E-state index contributed by atoms with van der Waals surface area (Å²) >= 11 is 2.75. The van der Waals surface area contributed by atoms with Crippen molar-refractivity contribution in [3.05, 3.63) is 10.1 Å². The first-order chi connectivity index (χ1) is 3.63. The number of rotatable bonds is 3. The fourth-order valence-corrected chi connectivity index (χ4v) is 0.417. The summed E-state index contributed by atoms with van der Waals surface area (Å²) in [5.74, 6) is 0. The SMILES string of the molecule is O=[N+]([O-])CCC(O)Br. The zero-order valence-corrected chi connectivity index (χ0v) is 5.67. The molecule has 1 N–H and O–H groups in total. The van der Waals surface area contributed by atoms with Gasteiger partial charge in [-0.1, -0.05) is 15.9 Å². The van der Waals surface area contributed by atoms with Crippen molar-refractivity contribution < 1.29 is 10.0 Å². The second-order valence-electron chi connectivity index (χ2n) is 1.28. The van der Waals surface area contributed by atoms with Crippen molar-refractivity contribution in [1.29, 1.82) is 0 Å². The van der Waals surface area contributed by atoms with Gasteiger partial charge < -0.3 is 5.11 Å². The molecule has 0 rings (SSSR count). The van der Waals surface area contributed by atoms with Crippen LogP contribution in [0, 0.1) is 10.1 Å². The van der Waals surface area contributed by atoms with Crippen LogP contribution in [0.1, 0.15) is 6.42 Å². The van der Waals surface area contributed by atoms with Gasteiger partial charge in [0.25, 0.3) is 0 Å². The van der Waals surface area contributed by atoms with E-state index in [1.54, 1.807) is 0 Å². The van der Waals surface area contributed by atoms with Crippen LogP contribution < -0.4 is 0 Å². The Morgan fingerprint density at radius 3 is 2.50 bits per heavy atom. The zero-order valence-electron chi connectivity index (χ0n) is 4.08. The molecule has 0 heterocycles. The summed E-state index contributed by atoms with van der Waals surface area (Å²) in [4.78, 5) is 9.11. The molecule has 0 spiro atoms. The molecule has 4 nitrogen and oxygen atoms in total. The topological polar surface area (TPSA) is 63.4 Å². The van der Waals surface area contributed by atoms with E-state index in [1.807, 2.05) is 0 Å². The lowest BCUT2D eigenvalue weighted by Gasteiger charge is -1.93. The Bertz CT molecular complexity index is 84.6. The molecule has 1 unspecified atom stereocenters. The van der Waals surface area contributed by atoms with Gasteiger partial charge in [0.1, 0.15) is 5.01 Å². The number of aliphatic hydroxyl groups excluding tert-OH is 1. The van der Waals surface area contributed by atoms with E-state index in [9.17, 15) is 10.1 Å².